The molecule has 0 aliphatic carbocycles. The summed E-state index contributed by atoms with van der Waals surface area (Å²) in [7, 11) is 0. The second kappa shape index (κ2) is 5.91. The number of para-hydroxylation sites is 1. The third kappa shape index (κ3) is 2.70. The summed E-state index contributed by atoms with van der Waals surface area (Å²) in [6.07, 6.45) is 1.62. The van der Waals surface area contributed by atoms with E-state index in [4.69, 9.17) is 5.73 Å². The van der Waals surface area contributed by atoms with Crippen molar-refractivity contribution >= 4 is 34.0 Å². The van der Waals surface area contributed by atoms with Gasteiger partial charge in [-0.15, -0.1) is 11.3 Å². The molecular weight excluding hydrogens is 286 g/mol. The Morgan fingerprint density at radius 3 is 2.75 bits per heavy atom. The molecule has 3 nitrogen and oxygen atoms in total. The predicted octanol–water partition coefficient (Wildman–Crippen LogP) is 3.87. The van der Waals surface area contributed by atoms with Gasteiger partial charge >= 0.3 is 0 Å². The van der Waals surface area contributed by atoms with E-state index in [9.17, 15) is 0 Å². The minimum atomic E-state index is 0.0624. The molecule has 2 N–H and O–H groups in total. The number of thioether (sulfide) groups is 1. The van der Waals surface area contributed by atoms with Gasteiger partial charge in [0.2, 0.25) is 0 Å². The van der Waals surface area contributed by atoms with Crippen LogP contribution in [0.25, 0.3) is 10.9 Å². The molecule has 20 heavy (non-hydrogen) atoms. The van der Waals surface area contributed by atoms with Crippen LogP contribution in [0.4, 0.5) is 0 Å². The Kier molecular flexibility index (Phi) is 4.00. The lowest BCUT2D eigenvalue weighted by Crippen LogP contribution is -2.22. The number of nitrogens with two attached hydrogens (primary N) is 1. The number of nitrogens with zero attached hydrogens (tertiary/aromatic N) is 2. The van der Waals surface area contributed by atoms with Crippen molar-refractivity contribution in [3.05, 3.63) is 53.0 Å². The lowest BCUT2D eigenvalue weighted by molar-refractivity contribution is 0.729. The molecule has 3 aromatic rings. The summed E-state index contributed by atoms with van der Waals surface area (Å²) in [6.45, 7) is 2.04. The van der Waals surface area contributed by atoms with Crippen LogP contribution < -0.4 is 5.73 Å². The van der Waals surface area contributed by atoms with Gasteiger partial charge in [-0.2, -0.15) is 0 Å². The van der Waals surface area contributed by atoms with Crippen LogP contribution in [0.15, 0.2) is 53.1 Å². The summed E-state index contributed by atoms with van der Waals surface area (Å²) in [5.74, 6) is 0. The molecule has 5 heteroatoms. The van der Waals surface area contributed by atoms with Gasteiger partial charge in [0.1, 0.15) is 11.4 Å². The van der Waals surface area contributed by atoms with E-state index in [1.807, 2.05) is 25.1 Å². The first-order valence-electron chi connectivity index (χ1n) is 6.41. The van der Waals surface area contributed by atoms with E-state index in [0.717, 1.165) is 15.9 Å². The average molecular weight is 301 g/mol. The van der Waals surface area contributed by atoms with Gasteiger partial charge in [-0.25, -0.2) is 9.97 Å². The van der Waals surface area contributed by atoms with Crippen LogP contribution in [-0.2, 0) is 0 Å². The Balaban J connectivity index is 1.99. The summed E-state index contributed by atoms with van der Waals surface area (Å²) in [4.78, 5) is 10.0. The zero-order valence-electron chi connectivity index (χ0n) is 11.1. The maximum Gasteiger partial charge on any atom is 0.117 e. The van der Waals surface area contributed by atoms with Crippen LogP contribution in [0.2, 0.25) is 0 Å². The second-order valence-electron chi connectivity index (χ2n) is 4.61. The maximum absolute atomic E-state index is 6.16. The monoisotopic (exact) mass is 301 g/mol. The Bertz CT molecular complexity index is 690. The quantitative estimate of drug-likeness (QED) is 0.587. The van der Waals surface area contributed by atoms with Crippen molar-refractivity contribution in [1.29, 1.82) is 0 Å². The molecule has 2 unspecified atom stereocenters. The largest absolute Gasteiger partial charge is 0.327 e. The Morgan fingerprint density at radius 1 is 1.15 bits per heavy atom. The molecule has 0 fully saturated rings. The molecular formula is C15H15N3S2. The molecule has 0 saturated heterocycles. The minimum Gasteiger partial charge on any atom is -0.327 e. The first-order valence-corrected chi connectivity index (χ1v) is 8.17. The van der Waals surface area contributed by atoms with Crippen LogP contribution in [0.1, 0.15) is 17.1 Å². The van der Waals surface area contributed by atoms with E-state index >= 15 is 0 Å². The van der Waals surface area contributed by atoms with Gasteiger partial charge in [0, 0.05) is 16.3 Å². The highest BCUT2D eigenvalue weighted by atomic mass is 32.2. The minimum absolute atomic E-state index is 0.0624. The first kappa shape index (κ1) is 13.5. The molecule has 0 aliphatic rings. The van der Waals surface area contributed by atoms with E-state index in [1.54, 1.807) is 29.4 Å². The zero-order valence-corrected chi connectivity index (χ0v) is 12.7. The molecule has 0 saturated carbocycles. The molecule has 2 atom stereocenters. The van der Waals surface area contributed by atoms with Crippen LogP contribution in [0.5, 0.6) is 0 Å². The molecule has 0 spiro atoms. The Labute approximate surface area is 126 Å². The zero-order chi connectivity index (χ0) is 13.9. The van der Waals surface area contributed by atoms with Crippen molar-refractivity contribution < 1.29 is 0 Å². The molecule has 0 aliphatic heterocycles. The SMILES string of the molecule is CC(N)C(Sc1ncnc2ccccc12)c1cccs1. The highest BCUT2D eigenvalue weighted by Crippen LogP contribution is 2.40. The van der Waals surface area contributed by atoms with Crippen molar-refractivity contribution in [3.8, 4) is 0 Å². The van der Waals surface area contributed by atoms with Gasteiger partial charge in [-0.05, 0) is 24.4 Å². The van der Waals surface area contributed by atoms with Crippen LogP contribution >= 0.6 is 23.1 Å². The molecule has 3 rings (SSSR count). The number of fused-ring (bicyclic) bond motifs is 1. The van der Waals surface area contributed by atoms with Crippen molar-refractivity contribution in [2.45, 2.75) is 23.2 Å². The molecule has 2 heterocycles. The van der Waals surface area contributed by atoms with E-state index in [2.05, 4.69) is 33.5 Å². The maximum atomic E-state index is 6.16. The van der Waals surface area contributed by atoms with Crippen molar-refractivity contribution in [2.75, 3.05) is 0 Å². The van der Waals surface area contributed by atoms with Crippen molar-refractivity contribution in [2.24, 2.45) is 5.73 Å². The number of rotatable bonds is 4. The predicted molar refractivity (Wildman–Crippen MR) is 86.1 cm³/mol. The smallest absolute Gasteiger partial charge is 0.117 e. The fraction of sp³-hybridized carbons (Fsp3) is 0.200. The Morgan fingerprint density at radius 2 is 2.00 bits per heavy atom. The van der Waals surface area contributed by atoms with Crippen LogP contribution in [-0.4, -0.2) is 16.0 Å². The third-order valence-electron chi connectivity index (χ3n) is 3.05. The summed E-state index contributed by atoms with van der Waals surface area (Å²) in [6, 6.07) is 12.3. The van der Waals surface area contributed by atoms with Crippen LogP contribution in [0, 0.1) is 0 Å². The highest BCUT2D eigenvalue weighted by Gasteiger charge is 2.20. The summed E-state index contributed by atoms with van der Waals surface area (Å²) in [5, 5.41) is 4.38. The number of hydrogen-bond donors (Lipinski definition) is 1. The van der Waals surface area contributed by atoms with Gasteiger partial charge in [0.05, 0.1) is 10.8 Å². The van der Waals surface area contributed by atoms with Crippen LogP contribution in [0.3, 0.4) is 0 Å². The van der Waals surface area contributed by atoms with Gasteiger partial charge in [-0.3, -0.25) is 0 Å². The Hall–Kier alpha value is -1.43. The van der Waals surface area contributed by atoms with Gasteiger partial charge in [0.15, 0.2) is 0 Å². The highest BCUT2D eigenvalue weighted by molar-refractivity contribution is 7.99. The molecule has 0 radical (unpaired) electrons. The topological polar surface area (TPSA) is 51.8 Å². The molecule has 2 aromatic heterocycles. The molecule has 1 aromatic carbocycles. The van der Waals surface area contributed by atoms with Gasteiger partial charge in [-0.1, -0.05) is 36.0 Å². The normalized spacial score (nSPS) is 14.3. The fourth-order valence-electron chi connectivity index (χ4n) is 2.07. The van der Waals surface area contributed by atoms with E-state index in [0.29, 0.717) is 0 Å². The van der Waals surface area contributed by atoms with Crippen molar-refractivity contribution in [1.82, 2.24) is 9.97 Å². The standard InChI is InChI=1S/C15H15N3S2/c1-10(16)14(13-7-4-8-19-13)20-15-11-5-2-3-6-12(11)17-9-18-15/h2-10,14H,16H2,1H3. The van der Waals surface area contributed by atoms with E-state index in [1.165, 1.54) is 4.88 Å². The molecule has 0 bridgehead atoms. The molecule has 0 amide bonds. The summed E-state index contributed by atoms with van der Waals surface area (Å²) >= 11 is 3.46. The van der Waals surface area contributed by atoms with Gasteiger partial charge < -0.3 is 5.73 Å². The number of benzene rings is 1. The summed E-state index contributed by atoms with van der Waals surface area (Å²) in [5.41, 5.74) is 7.13. The first-order chi connectivity index (χ1) is 9.75. The second-order valence-corrected chi connectivity index (χ2v) is 6.72. The third-order valence-corrected chi connectivity index (χ3v) is 5.64. The lowest BCUT2D eigenvalue weighted by atomic mass is 10.2. The van der Waals surface area contributed by atoms with Crippen molar-refractivity contribution in [3.63, 3.8) is 0 Å². The number of thiophene rings is 1. The molecule has 102 valence electrons. The van der Waals surface area contributed by atoms with E-state index < -0.39 is 0 Å². The number of aromatic nitrogens is 2. The fourth-order valence-corrected chi connectivity index (χ4v) is 4.26. The number of hydrogen-bond acceptors (Lipinski definition) is 5. The van der Waals surface area contributed by atoms with E-state index in [-0.39, 0.29) is 11.3 Å². The lowest BCUT2D eigenvalue weighted by Gasteiger charge is -2.19. The average Bonchev–Trinajstić information content (AvgIpc) is 2.98. The summed E-state index contributed by atoms with van der Waals surface area (Å²) < 4.78 is 0. The van der Waals surface area contributed by atoms with Gasteiger partial charge in [0.25, 0.3) is 0 Å².